The summed E-state index contributed by atoms with van der Waals surface area (Å²) in [6.07, 6.45) is 2.92. The van der Waals surface area contributed by atoms with Gasteiger partial charge >= 0.3 is 0 Å². The number of amides is 2. The van der Waals surface area contributed by atoms with Crippen molar-refractivity contribution >= 4 is 34.6 Å². The standard InChI is InChI=1S/C25H28N4O5/c1-32-20-12-6-17(7-13-20)27-23-21(24(26)34-33-2)14-16-29(25(23)31)19-10-8-18(9-11-19)28-15-4-3-5-22(28)30/h6-13H,3-5,14-16,26H2,1-2H3. The van der Waals surface area contributed by atoms with Gasteiger partial charge in [-0.05, 0) is 67.8 Å². The van der Waals surface area contributed by atoms with Gasteiger partial charge in [0.1, 0.15) is 11.5 Å². The van der Waals surface area contributed by atoms with E-state index in [0.29, 0.717) is 48.6 Å². The Morgan fingerprint density at radius 2 is 1.56 bits per heavy atom. The summed E-state index contributed by atoms with van der Waals surface area (Å²) in [6.45, 7) is 1.11. The average molecular weight is 465 g/mol. The summed E-state index contributed by atoms with van der Waals surface area (Å²) in [5.74, 6) is 0.513. The maximum Gasteiger partial charge on any atom is 0.277 e. The lowest BCUT2D eigenvalue weighted by Gasteiger charge is -2.31. The van der Waals surface area contributed by atoms with Crippen molar-refractivity contribution < 1.29 is 24.1 Å². The van der Waals surface area contributed by atoms with Crippen LogP contribution in [0, 0.1) is 0 Å². The van der Waals surface area contributed by atoms with Gasteiger partial charge in [-0.2, -0.15) is 4.89 Å². The van der Waals surface area contributed by atoms with Crippen LogP contribution in [-0.4, -0.2) is 44.8 Å². The Bertz CT molecular complexity index is 1110. The lowest BCUT2D eigenvalue weighted by molar-refractivity contribution is -0.238. The normalized spacial score (nSPS) is 19.4. The molecule has 34 heavy (non-hydrogen) atoms. The maximum atomic E-state index is 13.5. The van der Waals surface area contributed by atoms with Crippen molar-refractivity contribution in [1.82, 2.24) is 0 Å². The number of hydrogen-bond acceptors (Lipinski definition) is 7. The molecule has 0 saturated carbocycles. The maximum absolute atomic E-state index is 13.5. The molecule has 0 spiro atoms. The molecule has 2 aromatic carbocycles. The molecule has 2 N–H and O–H groups in total. The summed E-state index contributed by atoms with van der Waals surface area (Å²) >= 11 is 0. The first-order valence-electron chi connectivity index (χ1n) is 11.2. The number of piperidine rings is 2. The quantitative estimate of drug-likeness (QED) is 0.399. The van der Waals surface area contributed by atoms with Crippen LogP contribution in [0.4, 0.5) is 17.1 Å². The minimum Gasteiger partial charge on any atom is -0.497 e. The Hall–Kier alpha value is -3.85. The Labute approximate surface area is 198 Å². The van der Waals surface area contributed by atoms with E-state index in [2.05, 4.69) is 4.99 Å². The van der Waals surface area contributed by atoms with Crippen LogP contribution in [0.1, 0.15) is 25.7 Å². The number of methoxy groups -OCH3 is 1. The van der Waals surface area contributed by atoms with Gasteiger partial charge in [0.15, 0.2) is 0 Å². The molecule has 9 heteroatoms. The predicted octanol–water partition coefficient (Wildman–Crippen LogP) is 3.47. The minimum atomic E-state index is -0.304. The van der Waals surface area contributed by atoms with Crippen molar-refractivity contribution in [3.8, 4) is 5.75 Å². The fraction of sp³-hybridized carbons (Fsp3) is 0.320. The summed E-state index contributed by atoms with van der Waals surface area (Å²) in [6, 6.07) is 14.5. The van der Waals surface area contributed by atoms with Crippen molar-refractivity contribution in [3.63, 3.8) is 0 Å². The first-order valence-corrected chi connectivity index (χ1v) is 11.2. The van der Waals surface area contributed by atoms with Crippen LogP contribution < -0.4 is 20.3 Å². The van der Waals surface area contributed by atoms with Crippen LogP contribution >= 0.6 is 0 Å². The summed E-state index contributed by atoms with van der Waals surface area (Å²) in [5.41, 5.74) is 8.82. The van der Waals surface area contributed by atoms with Crippen LogP contribution in [-0.2, 0) is 19.4 Å². The number of hydrogen-bond donors (Lipinski definition) is 1. The minimum absolute atomic E-state index is 0.00159. The highest BCUT2D eigenvalue weighted by Gasteiger charge is 2.32. The molecule has 4 rings (SSSR count). The molecular formula is C25H28N4O5. The zero-order valence-corrected chi connectivity index (χ0v) is 19.3. The second kappa shape index (κ2) is 10.4. The monoisotopic (exact) mass is 464 g/mol. The summed E-state index contributed by atoms with van der Waals surface area (Å²) in [7, 11) is 2.93. The molecule has 2 fully saturated rings. The fourth-order valence-corrected chi connectivity index (χ4v) is 4.12. The van der Waals surface area contributed by atoms with Crippen molar-refractivity contribution in [3.05, 3.63) is 60.0 Å². The molecule has 0 unspecified atom stereocenters. The van der Waals surface area contributed by atoms with E-state index < -0.39 is 0 Å². The topological polar surface area (TPSA) is 107 Å². The predicted molar refractivity (Wildman–Crippen MR) is 129 cm³/mol. The third-order valence-electron chi connectivity index (χ3n) is 5.90. The van der Waals surface area contributed by atoms with E-state index in [9.17, 15) is 9.59 Å². The molecule has 178 valence electrons. The molecule has 2 saturated heterocycles. The summed E-state index contributed by atoms with van der Waals surface area (Å²) in [4.78, 5) is 43.5. The van der Waals surface area contributed by atoms with E-state index in [0.717, 1.165) is 18.5 Å². The van der Waals surface area contributed by atoms with Gasteiger partial charge in [-0.15, -0.1) is 0 Å². The van der Waals surface area contributed by atoms with Crippen molar-refractivity contribution in [2.24, 2.45) is 10.7 Å². The van der Waals surface area contributed by atoms with Crippen molar-refractivity contribution in [2.75, 3.05) is 37.1 Å². The number of ether oxygens (including phenoxy) is 1. The second-order valence-corrected chi connectivity index (χ2v) is 7.98. The van der Waals surface area contributed by atoms with Gasteiger partial charge < -0.3 is 25.2 Å². The van der Waals surface area contributed by atoms with Gasteiger partial charge in [-0.3, -0.25) is 9.59 Å². The molecular weight excluding hydrogens is 436 g/mol. The van der Waals surface area contributed by atoms with Gasteiger partial charge in [0.25, 0.3) is 5.91 Å². The zero-order chi connectivity index (χ0) is 24.1. The Kier molecular flexibility index (Phi) is 7.12. The van der Waals surface area contributed by atoms with E-state index in [1.54, 1.807) is 41.2 Å². The largest absolute Gasteiger partial charge is 0.497 e. The second-order valence-electron chi connectivity index (χ2n) is 7.98. The van der Waals surface area contributed by atoms with Crippen LogP contribution in [0.15, 0.2) is 65.0 Å². The zero-order valence-electron chi connectivity index (χ0n) is 19.3. The molecule has 2 aliphatic rings. The van der Waals surface area contributed by atoms with Crippen LogP contribution in [0.25, 0.3) is 0 Å². The van der Waals surface area contributed by atoms with E-state index in [1.165, 1.54) is 7.11 Å². The molecule has 0 aromatic heterocycles. The lowest BCUT2D eigenvalue weighted by Crippen LogP contribution is -2.44. The van der Waals surface area contributed by atoms with Gasteiger partial charge in [0, 0.05) is 36.5 Å². The number of carbonyl (C=O) groups is 2. The molecule has 2 heterocycles. The fourth-order valence-electron chi connectivity index (χ4n) is 4.12. The van der Waals surface area contributed by atoms with Gasteiger partial charge in [-0.1, -0.05) is 0 Å². The first kappa shape index (κ1) is 23.3. The van der Waals surface area contributed by atoms with E-state index in [4.69, 9.17) is 20.2 Å². The molecule has 0 aliphatic carbocycles. The highest BCUT2D eigenvalue weighted by molar-refractivity contribution is 6.50. The van der Waals surface area contributed by atoms with Crippen molar-refractivity contribution in [2.45, 2.75) is 25.7 Å². The first-order chi connectivity index (χ1) is 16.5. The number of anilines is 2. The smallest absolute Gasteiger partial charge is 0.277 e. The number of benzene rings is 2. The van der Waals surface area contributed by atoms with Gasteiger partial charge in [0.05, 0.1) is 19.9 Å². The molecule has 0 bridgehead atoms. The van der Waals surface area contributed by atoms with Crippen LogP contribution in [0.3, 0.4) is 0 Å². The number of nitrogens with zero attached hydrogens (tertiary/aromatic N) is 3. The molecule has 0 radical (unpaired) electrons. The Balaban J connectivity index is 1.64. The third kappa shape index (κ3) is 4.89. The van der Waals surface area contributed by atoms with E-state index in [1.807, 2.05) is 24.3 Å². The highest BCUT2D eigenvalue weighted by atomic mass is 17.2. The third-order valence-corrected chi connectivity index (χ3v) is 5.90. The SMILES string of the molecule is COOC(N)=C1CCN(c2ccc(N3CCCCC3=O)cc2)C(=O)C1=Nc1ccc(OC)cc1. The van der Waals surface area contributed by atoms with Gasteiger partial charge in [0.2, 0.25) is 11.8 Å². The van der Waals surface area contributed by atoms with Gasteiger partial charge in [-0.25, -0.2) is 4.99 Å². The van der Waals surface area contributed by atoms with Crippen LogP contribution in [0.5, 0.6) is 5.75 Å². The Morgan fingerprint density at radius 3 is 2.18 bits per heavy atom. The van der Waals surface area contributed by atoms with E-state index >= 15 is 0 Å². The lowest BCUT2D eigenvalue weighted by atomic mass is 10.00. The molecule has 0 atom stereocenters. The molecule has 2 aromatic rings. The number of aliphatic imine (C=N–C) groups is 1. The molecule has 2 aliphatic heterocycles. The number of rotatable bonds is 6. The van der Waals surface area contributed by atoms with E-state index in [-0.39, 0.29) is 23.4 Å². The summed E-state index contributed by atoms with van der Waals surface area (Å²) < 4.78 is 5.19. The van der Waals surface area contributed by atoms with Crippen LogP contribution in [0.2, 0.25) is 0 Å². The number of nitrogens with two attached hydrogens (primary N) is 1. The molecule has 2 amide bonds. The molecule has 9 nitrogen and oxygen atoms in total. The summed E-state index contributed by atoms with van der Waals surface area (Å²) in [5, 5.41) is 0. The number of carbonyl (C=O) groups excluding carboxylic acids is 2. The Morgan fingerprint density at radius 1 is 0.882 bits per heavy atom. The van der Waals surface area contributed by atoms with Crippen molar-refractivity contribution in [1.29, 1.82) is 0 Å². The highest BCUT2D eigenvalue weighted by Crippen LogP contribution is 2.29. The average Bonchev–Trinajstić information content (AvgIpc) is 2.86.